The summed E-state index contributed by atoms with van der Waals surface area (Å²) in [5.41, 5.74) is 3.88. The zero-order chi connectivity index (χ0) is 22.8. The summed E-state index contributed by atoms with van der Waals surface area (Å²) < 4.78 is 1.69. The number of carbonyl (C=O) groups is 1. The lowest BCUT2D eigenvalue weighted by Gasteiger charge is -2.35. The Morgan fingerprint density at radius 3 is 2.48 bits per heavy atom. The molecule has 1 aliphatic heterocycles. The van der Waals surface area contributed by atoms with Gasteiger partial charge in [0.2, 0.25) is 0 Å². The molecule has 0 radical (unpaired) electrons. The van der Waals surface area contributed by atoms with E-state index < -0.39 is 0 Å². The normalized spacial score (nSPS) is 14.0. The standard InChI is InChI=1S/C26H25N5O2/c1-19-7-5-10-21(17-19)25(32)30-15-13-29(14-16-30)24-26(33)31(18-20-8-3-2-4-9-20)23-22(28-24)11-6-12-27-23/h2-12,17H,13-16,18H2,1H3. The van der Waals surface area contributed by atoms with E-state index in [2.05, 4.69) is 9.97 Å². The van der Waals surface area contributed by atoms with Crippen LogP contribution in [0.3, 0.4) is 0 Å². The van der Waals surface area contributed by atoms with E-state index >= 15 is 0 Å². The molecule has 2 aromatic heterocycles. The van der Waals surface area contributed by atoms with Gasteiger partial charge in [0.15, 0.2) is 11.5 Å². The van der Waals surface area contributed by atoms with Gasteiger partial charge in [0.25, 0.3) is 11.5 Å². The Hall–Kier alpha value is -4.00. The Labute approximate surface area is 191 Å². The second-order valence-corrected chi connectivity index (χ2v) is 8.31. The quantitative estimate of drug-likeness (QED) is 0.489. The zero-order valence-corrected chi connectivity index (χ0v) is 18.5. The van der Waals surface area contributed by atoms with Crippen molar-refractivity contribution in [3.63, 3.8) is 0 Å². The van der Waals surface area contributed by atoms with E-state index in [0.29, 0.717) is 55.3 Å². The first-order valence-corrected chi connectivity index (χ1v) is 11.1. The third kappa shape index (κ3) is 4.22. The van der Waals surface area contributed by atoms with E-state index in [4.69, 9.17) is 0 Å². The Morgan fingerprint density at radius 2 is 1.73 bits per heavy atom. The number of nitrogens with zero attached hydrogens (tertiary/aromatic N) is 5. The van der Waals surface area contributed by atoms with Crippen LogP contribution >= 0.6 is 0 Å². The maximum atomic E-state index is 13.5. The zero-order valence-electron chi connectivity index (χ0n) is 18.5. The molecule has 1 saturated heterocycles. The number of hydrogen-bond acceptors (Lipinski definition) is 5. The van der Waals surface area contributed by atoms with Gasteiger partial charge in [0.1, 0.15) is 5.52 Å². The average molecular weight is 440 g/mol. The van der Waals surface area contributed by atoms with E-state index in [1.165, 1.54) is 0 Å². The lowest BCUT2D eigenvalue weighted by molar-refractivity contribution is 0.0746. The van der Waals surface area contributed by atoms with Crippen molar-refractivity contribution in [3.05, 3.63) is 100.0 Å². The lowest BCUT2D eigenvalue weighted by atomic mass is 10.1. The molecule has 0 unspecified atom stereocenters. The molecule has 0 spiro atoms. The number of carbonyl (C=O) groups excluding carboxylic acids is 1. The molecule has 1 fully saturated rings. The minimum Gasteiger partial charge on any atom is -0.348 e. The summed E-state index contributed by atoms with van der Waals surface area (Å²) >= 11 is 0. The first kappa shape index (κ1) is 20.9. The highest BCUT2D eigenvalue weighted by molar-refractivity contribution is 5.94. The van der Waals surface area contributed by atoms with Crippen LogP contribution in [-0.2, 0) is 6.54 Å². The fraction of sp³-hybridized carbons (Fsp3) is 0.231. The van der Waals surface area contributed by atoms with Crippen molar-refractivity contribution >= 4 is 22.9 Å². The number of pyridine rings is 1. The minimum absolute atomic E-state index is 0.0236. The van der Waals surface area contributed by atoms with Gasteiger partial charge in [-0.3, -0.25) is 14.2 Å². The van der Waals surface area contributed by atoms with Crippen molar-refractivity contribution in [2.24, 2.45) is 0 Å². The molecule has 2 aromatic carbocycles. The third-order valence-corrected chi connectivity index (χ3v) is 6.00. The van der Waals surface area contributed by atoms with E-state index in [9.17, 15) is 9.59 Å². The van der Waals surface area contributed by atoms with Gasteiger partial charge in [-0.1, -0.05) is 48.0 Å². The fourth-order valence-electron chi connectivity index (χ4n) is 4.26. The van der Waals surface area contributed by atoms with Gasteiger partial charge in [0, 0.05) is 37.9 Å². The number of fused-ring (bicyclic) bond motifs is 1. The highest BCUT2D eigenvalue weighted by atomic mass is 16.2. The van der Waals surface area contributed by atoms with Crippen molar-refractivity contribution in [3.8, 4) is 0 Å². The average Bonchev–Trinajstić information content (AvgIpc) is 2.86. The van der Waals surface area contributed by atoms with Crippen LogP contribution in [-0.4, -0.2) is 51.5 Å². The van der Waals surface area contributed by atoms with Crippen molar-refractivity contribution < 1.29 is 4.79 Å². The van der Waals surface area contributed by atoms with Crippen LogP contribution in [0.25, 0.3) is 11.2 Å². The molecular weight excluding hydrogens is 414 g/mol. The highest BCUT2D eigenvalue weighted by Gasteiger charge is 2.25. The molecule has 7 heteroatoms. The number of aryl methyl sites for hydroxylation is 1. The van der Waals surface area contributed by atoms with Crippen molar-refractivity contribution in [1.82, 2.24) is 19.4 Å². The molecule has 0 N–H and O–H groups in total. The van der Waals surface area contributed by atoms with Crippen LogP contribution in [0.5, 0.6) is 0 Å². The number of amides is 1. The van der Waals surface area contributed by atoms with Crippen molar-refractivity contribution in [2.45, 2.75) is 13.5 Å². The Bertz CT molecular complexity index is 1360. The van der Waals surface area contributed by atoms with E-state index in [1.807, 2.05) is 83.5 Å². The van der Waals surface area contributed by atoms with E-state index in [1.54, 1.807) is 10.8 Å². The van der Waals surface area contributed by atoms with Crippen LogP contribution in [0, 0.1) is 6.92 Å². The third-order valence-electron chi connectivity index (χ3n) is 6.00. The summed E-state index contributed by atoms with van der Waals surface area (Å²) in [4.78, 5) is 39.3. The fourth-order valence-corrected chi connectivity index (χ4v) is 4.26. The van der Waals surface area contributed by atoms with Gasteiger partial charge < -0.3 is 9.80 Å². The predicted octanol–water partition coefficient (Wildman–Crippen LogP) is 3.11. The van der Waals surface area contributed by atoms with Crippen molar-refractivity contribution in [1.29, 1.82) is 0 Å². The Morgan fingerprint density at radius 1 is 0.939 bits per heavy atom. The summed E-state index contributed by atoms with van der Waals surface area (Å²) in [6.45, 7) is 4.59. The van der Waals surface area contributed by atoms with E-state index in [-0.39, 0.29) is 11.5 Å². The molecule has 0 saturated carbocycles. The van der Waals surface area contributed by atoms with Gasteiger partial charge in [-0.15, -0.1) is 0 Å². The maximum Gasteiger partial charge on any atom is 0.295 e. The molecule has 5 rings (SSSR count). The minimum atomic E-state index is -0.163. The predicted molar refractivity (Wildman–Crippen MR) is 129 cm³/mol. The molecule has 7 nitrogen and oxygen atoms in total. The molecule has 0 bridgehead atoms. The number of anilines is 1. The number of benzene rings is 2. The first-order valence-electron chi connectivity index (χ1n) is 11.1. The topological polar surface area (TPSA) is 71.3 Å². The number of piperazine rings is 1. The molecule has 0 aliphatic carbocycles. The lowest BCUT2D eigenvalue weighted by Crippen LogP contribution is -2.50. The van der Waals surface area contributed by atoms with Crippen LogP contribution in [0.4, 0.5) is 5.82 Å². The number of hydrogen-bond donors (Lipinski definition) is 0. The monoisotopic (exact) mass is 439 g/mol. The number of aromatic nitrogens is 3. The SMILES string of the molecule is Cc1cccc(C(=O)N2CCN(c3nc4cccnc4n(Cc4ccccc4)c3=O)CC2)c1. The van der Waals surface area contributed by atoms with Gasteiger partial charge in [-0.05, 0) is 36.8 Å². The molecular formula is C26H25N5O2. The number of rotatable bonds is 4. The molecule has 3 heterocycles. The molecule has 1 aliphatic rings. The summed E-state index contributed by atoms with van der Waals surface area (Å²) in [6, 6.07) is 21.2. The van der Waals surface area contributed by atoms with E-state index in [0.717, 1.165) is 11.1 Å². The summed E-state index contributed by atoms with van der Waals surface area (Å²) in [7, 11) is 0. The van der Waals surface area contributed by atoms with Gasteiger partial charge in [0.05, 0.1) is 6.54 Å². The summed E-state index contributed by atoms with van der Waals surface area (Å²) in [6.07, 6.45) is 1.68. The first-order chi connectivity index (χ1) is 16.1. The van der Waals surface area contributed by atoms with Gasteiger partial charge in [-0.25, -0.2) is 9.97 Å². The second kappa shape index (κ2) is 8.86. The molecule has 33 heavy (non-hydrogen) atoms. The van der Waals surface area contributed by atoms with Crippen LogP contribution < -0.4 is 10.5 Å². The van der Waals surface area contributed by atoms with Crippen LogP contribution in [0.2, 0.25) is 0 Å². The Kier molecular flexibility index (Phi) is 5.60. The summed E-state index contributed by atoms with van der Waals surface area (Å²) in [5.74, 6) is 0.435. The Balaban J connectivity index is 1.42. The van der Waals surface area contributed by atoms with Crippen molar-refractivity contribution in [2.75, 3.05) is 31.1 Å². The maximum absolute atomic E-state index is 13.5. The van der Waals surface area contributed by atoms with Crippen LogP contribution in [0.1, 0.15) is 21.5 Å². The highest BCUT2D eigenvalue weighted by Crippen LogP contribution is 2.17. The summed E-state index contributed by atoms with van der Waals surface area (Å²) in [5, 5.41) is 0. The van der Waals surface area contributed by atoms with Gasteiger partial charge in [-0.2, -0.15) is 0 Å². The molecule has 0 atom stereocenters. The smallest absolute Gasteiger partial charge is 0.295 e. The molecule has 166 valence electrons. The molecule has 1 amide bonds. The van der Waals surface area contributed by atoms with Crippen LogP contribution in [0.15, 0.2) is 77.7 Å². The largest absolute Gasteiger partial charge is 0.348 e. The van der Waals surface area contributed by atoms with Gasteiger partial charge >= 0.3 is 0 Å². The molecule has 4 aromatic rings. The second-order valence-electron chi connectivity index (χ2n) is 8.31.